The summed E-state index contributed by atoms with van der Waals surface area (Å²) in [5.41, 5.74) is -0.893. The van der Waals surface area contributed by atoms with E-state index in [2.05, 4.69) is 15.1 Å². The summed E-state index contributed by atoms with van der Waals surface area (Å²) < 4.78 is 55.7. The molecule has 1 aromatic carbocycles. The van der Waals surface area contributed by atoms with E-state index in [0.717, 1.165) is 10.2 Å². The molecule has 0 atom stereocenters. The van der Waals surface area contributed by atoms with Crippen LogP contribution < -0.4 is 4.74 Å². The summed E-state index contributed by atoms with van der Waals surface area (Å²) in [7, 11) is 0. The van der Waals surface area contributed by atoms with Crippen molar-refractivity contribution >= 4 is 11.4 Å². The van der Waals surface area contributed by atoms with E-state index in [-0.39, 0.29) is 54.7 Å². The first-order valence-electron chi connectivity index (χ1n) is 13.7. The Bertz CT molecular complexity index is 1550. The van der Waals surface area contributed by atoms with Crippen LogP contribution >= 0.6 is 0 Å². The summed E-state index contributed by atoms with van der Waals surface area (Å²) in [6, 6.07) is 5.00. The Hall–Kier alpha value is -3.85. The van der Waals surface area contributed by atoms with Gasteiger partial charge >= 0.3 is 6.18 Å². The van der Waals surface area contributed by atoms with E-state index < -0.39 is 30.5 Å². The Balaban J connectivity index is 1.62. The first-order chi connectivity index (χ1) is 20.5. The van der Waals surface area contributed by atoms with Crippen molar-refractivity contribution in [1.29, 1.82) is 0 Å². The van der Waals surface area contributed by atoms with Gasteiger partial charge in [0.15, 0.2) is 11.5 Å². The van der Waals surface area contributed by atoms with Gasteiger partial charge in [-0.25, -0.2) is 9.97 Å². The van der Waals surface area contributed by atoms with Crippen LogP contribution in [0.15, 0.2) is 43.0 Å². The number of alkyl halides is 3. The fourth-order valence-corrected chi connectivity index (χ4v) is 4.55. The SMILES string of the molecule is CCc1cc(Oc2nccn3c(-c4cn(CC(C)(CO)CO)nc4C(F)(F)F)cnc23)ccc1C(=O)CCCOCCO. The molecule has 232 valence electrons. The number of hydrogen-bond donors (Lipinski definition) is 3. The summed E-state index contributed by atoms with van der Waals surface area (Å²) in [6.45, 7) is 2.91. The number of hydrogen-bond acceptors (Lipinski definition) is 9. The molecule has 0 amide bonds. The van der Waals surface area contributed by atoms with Crippen molar-refractivity contribution in [2.45, 2.75) is 45.8 Å². The molecule has 11 nitrogen and oxygen atoms in total. The second-order valence-corrected chi connectivity index (χ2v) is 10.4. The molecule has 0 aliphatic carbocycles. The number of carbonyl (C=O) groups excluding carboxylic acids is 1. The second kappa shape index (κ2) is 13.6. The first-order valence-corrected chi connectivity index (χ1v) is 13.7. The normalized spacial score (nSPS) is 12.3. The number of ether oxygens (including phenoxy) is 2. The molecule has 0 radical (unpaired) electrons. The van der Waals surface area contributed by atoms with E-state index in [0.29, 0.717) is 30.8 Å². The number of ketones is 1. The summed E-state index contributed by atoms with van der Waals surface area (Å²) in [5, 5.41) is 31.7. The second-order valence-electron chi connectivity index (χ2n) is 10.4. The van der Waals surface area contributed by atoms with Crippen LogP contribution in [0.5, 0.6) is 11.6 Å². The standard InChI is InChI=1S/C29H34F3N5O6/c1-3-19-13-20(6-7-21(19)24(41)5-4-11-42-12-10-38)43-27-26-34-14-23(37(26)9-8-33-27)22-15-36(16-28(2,17-39)18-40)35-25(22)29(30,31)32/h6-9,13-15,38-40H,3-5,10-12,16-18H2,1-2H3. The number of imidazole rings is 1. The molecule has 0 saturated carbocycles. The van der Waals surface area contributed by atoms with Crippen LogP contribution in [-0.2, 0) is 23.9 Å². The van der Waals surface area contributed by atoms with Gasteiger partial charge in [-0.3, -0.25) is 13.9 Å². The van der Waals surface area contributed by atoms with Gasteiger partial charge in [0, 0.05) is 42.6 Å². The maximum absolute atomic E-state index is 14.0. The number of aromatic nitrogens is 5. The van der Waals surface area contributed by atoms with Crippen molar-refractivity contribution in [2.24, 2.45) is 5.41 Å². The lowest BCUT2D eigenvalue weighted by atomic mass is 9.93. The van der Waals surface area contributed by atoms with Crippen molar-refractivity contribution in [3.63, 3.8) is 0 Å². The smallest absolute Gasteiger partial charge is 0.435 e. The molecule has 0 aliphatic heterocycles. The minimum atomic E-state index is -4.78. The molecule has 3 heterocycles. The van der Waals surface area contributed by atoms with Gasteiger partial charge in [0.1, 0.15) is 5.75 Å². The van der Waals surface area contributed by atoms with E-state index in [1.807, 2.05) is 6.92 Å². The highest BCUT2D eigenvalue weighted by atomic mass is 19.4. The molecule has 14 heteroatoms. The van der Waals surface area contributed by atoms with Crippen LogP contribution in [0.4, 0.5) is 13.2 Å². The van der Waals surface area contributed by atoms with Crippen LogP contribution in [0.2, 0.25) is 0 Å². The highest BCUT2D eigenvalue weighted by molar-refractivity contribution is 5.97. The number of aryl methyl sites for hydroxylation is 1. The lowest BCUT2D eigenvalue weighted by Gasteiger charge is -2.24. The molecule has 3 aromatic heterocycles. The molecule has 4 rings (SSSR count). The zero-order valence-electron chi connectivity index (χ0n) is 23.8. The summed E-state index contributed by atoms with van der Waals surface area (Å²) in [6.07, 6.45) is 1.88. The number of Topliss-reactive ketones (excluding diaryl/α,β-unsaturated/α-hetero) is 1. The van der Waals surface area contributed by atoms with Crippen LogP contribution in [-0.4, -0.2) is 78.3 Å². The Morgan fingerprint density at radius 2 is 1.86 bits per heavy atom. The van der Waals surface area contributed by atoms with E-state index in [4.69, 9.17) is 14.6 Å². The molecular weight excluding hydrogens is 571 g/mol. The van der Waals surface area contributed by atoms with Gasteiger partial charge in [0.2, 0.25) is 5.65 Å². The maximum Gasteiger partial charge on any atom is 0.435 e. The Kier molecular flexibility index (Phi) is 10.2. The number of carbonyl (C=O) groups is 1. The molecule has 0 fully saturated rings. The topological polar surface area (TPSA) is 144 Å². The van der Waals surface area contributed by atoms with Crippen LogP contribution in [0, 0.1) is 5.41 Å². The van der Waals surface area contributed by atoms with Crippen molar-refractivity contribution in [3.8, 4) is 22.9 Å². The predicted octanol–water partition coefficient (Wildman–Crippen LogP) is 3.93. The third kappa shape index (κ3) is 7.39. The first kappa shape index (κ1) is 32.1. The molecule has 43 heavy (non-hydrogen) atoms. The number of benzene rings is 1. The molecule has 0 saturated heterocycles. The number of aliphatic hydroxyl groups excluding tert-OH is 3. The third-order valence-corrected chi connectivity index (χ3v) is 6.91. The molecule has 3 N–H and O–H groups in total. The fraction of sp³-hybridized carbons (Fsp3) is 0.448. The molecule has 0 spiro atoms. The quantitative estimate of drug-likeness (QED) is 0.136. The van der Waals surface area contributed by atoms with Crippen molar-refractivity contribution in [1.82, 2.24) is 24.1 Å². The number of aliphatic hydroxyl groups is 3. The van der Waals surface area contributed by atoms with E-state index >= 15 is 0 Å². The maximum atomic E-state index is 14.0. The zero-order chi connectivity index (χ0) is 31.2. The largest absolute Gasteiger partial charge is 0.436 e. The fourth-order valence-electron chi connectivity index (χ4n) is 4.55. The Morgan fingerprint density at radius 3 is 2.53 bits per heavy atom. The molecule has 0 unspecified atom stereocenters. The minimum absolute atomic E-state index is 0.0463. The van der Waals surface area contributed by atoms with E-state index in [9.17, 15) is 28.2 Å². The van der Waals surface area contributed by atoms with E-state index in [1.54, 1.807) is 18.2 Å². The average Bonchev–Trinajstić information content (AvgIpc) is 3.61. The van der Waals surface area contributed by atoms with Gasteiger partial charge in [-0.1, -0.05) is 13.8 Å². The monoisotopic (exact) mass is 605 g/mol. The van der Waals surface area contributed by atoms with Gasteiger partial charge in [0.05, 0.1) is 50.4 Å². The Morgan fingerprint density at radius 1 is 1.09 bits per heavy atom. The van der Waals surface area contributed by atoms with E-state index in [1.165, 1.54) is 36.1 Å². The average molecular weight is 606 g/mol. The van der Waals surface area contributed by atoms with Crippen LogP contribution in [0.3, 0.4) is 0 Å². The highest BCUT2D eigenvalue weighted by Crippen LogP contribution is 2.38. The summed E-state index contributed by atoms with van der Waals surface area (Å²) in [4.78, 5) is 21.3. The van der Waals surface area contributed by atoms with Gasteiger partial charge in [-0.05, 0) is 36.6 Å². The minimum Gasteiger partial charge on any atom is -0.436 e. The predicted molar refractivity (Wildman–Crippen MR) is 149 cm³/mol. The van der Waals surface area contributed by atoms with Gasteiger partial charge in [-0.15, -0.1) is 0 Å². The lowest BCUT2D eigenvalue weighted by molar-refractivity contribution is -0.141. The number of halogens is 3. The van der Waals surface area contributed by atoms with Gasteiger partial charge < -0.3 is 24.8 Å². The number of fused-ring (bicyclic) bond motifs is 1. The van der Waals surface area contributed by atoms with Crippen molar-refractivity contribution < 1.29 is 42.8 Å². The number of rotatable bonds is 15. The molecular formula is C29H34F3N5O6. The molecule has 0 aliphatic rings. The lowest BCUT2D eigenvalue weighted by Crippen LogP contribution is -2.31. The van der Waals surface area contributed by atoms with Crippen molar-refractivity contribution in [2.75, 3.05) is 33.0 Å². The zero-order valence-corrected chi connectivity index (χ0v) is 23.8. The van der Waals surface area contributed by atoms with Crippen LogP contribution in [0.1, 0.15) is 48.3 Å². The number of nitrogens with zero attached hydrogens (tertiary/aromatic N) is 5. The highest BCUT2D eigenvalue weighted by Gasteiger charge is 2.39. The van der Waals surface area contributed by atoms with Gasteiger partial charge in [-0.2, -0.15) is 18.3 Å². The van der Waals surface area contributed by atoms with Gasteiger partial charge in [0.25, 0.3) is 5.88 Å². The summed E-state index contributed by atoms with van der Waals surface area (Å²) >= 11 is 0. The molecule has 0 bridgehead atoms. The molecule has 4 aromatic rings. The van der Waals surface area contributed by atoms with Crippen LogP contribution in [0.25, 0.3) is 16.9 Å². The Labute approximate surface area is 245 Å². The van der Waals surface area contributed by atoms with Crippen molar-refractivity contribution in [3.05, 3.63) is 59.8 Å². The third-order valence-electron chi connectivity index (χ3n) is 6.91. The summed E-state index contributed by atoms with van der Waals surface area (Å²) in [5.74, 6) is 0.374.